The first kappa shape index (κ1) is 28.4. The molecule has 206 valence electrons. The summed E-state index contributed by atoms with van der Waals surface area (Å²) in [5.41, 5.74) is 4.47. The van der Waals surface area contributed by atoms with Crippen molar-refractivity contribution in [3.05, 3.63) is 101 Å². The van der Waals surface area contributed by atoms with Gasteiger partial charge in [0.1, 0.15) is 0 Å². The molecule has 0 radical (unpaired) electrons. The van der Waals surface area contributed by atoms with Gasteiger partial charge < -0.3 is 25.0 Å². The summed E-state index contributed by atoms with van der Waals surface area (Å²) in [4.78, 5) is 25.3. The van der Waals surface area contributed by atoms with Crippen LogP contribution >= 0.6 is 0 Å². The quantitative estimate of drug-likeness (QED) is 0.300. The number of likely N-dealkylation sites (N-methyl/N-ethyl adjacent to an activating group) is 1. The largest absolute Gasteiger partial charge is 0.481 e. The molecule has 1 aliphatic rings. The Morgan fingerprint density at radius 2 is 1.69 bits per heavy atom. The minimum Gasteiger partial charge on any atom is -0.481 e. The SMILES string of the molecule is CN(Cc1ccccc1)CC1CC(c2ccc(CO)cc2)OC(c2cccc(NC(=O)CCCC(=O)O)c2)O1. The Morgan fingerprint density at radius 1 is 0.923 bits per heavy atom. The molecule has 0 aliphatic carbocycles. The molecule has 3 N–H and O–H groups in total. The van der Waals surface area contributed by atoms with Crippen LogP contribution in [-0.2, 0) is 32.2 Å². The molecule has 1 saturated heterocycles. The lowest BCUT2D eigenvalue weighted by atomic mass is 9.99. The fraction of sp³-hybridized carbons (Fsp3) is 0.355. The lowest BCUT2D eigenvalue weighted by molar-refractivity contribution is -0.252. The first-order valence-corrected chi connectivity index (χ1v) is 13.2. The number of nitrogens with one attached hydrogen (secondary N) is 1. The molecular formula is C31H36N2O6. The van der Waals surface area contributed by atoms with Crippen molar-refractivity contribution in [2.24, 2.45) is 0 Å². The third-order valence-corrected chi connectivity index (χ3v) is 6.66. The Bertz CT molecular complexity index is 1220. The van der Waals surface area contributed by atoms with Crippen LogP contribution in [0.5, 0.6) is 0 Å². The second-order valence-corrected chi connectivity index (χ2v) is 9.95. The van der Waals surface area contributed by atoms with E-state index in [9.17, 15) is 14.7 Å². The fourth-order valence-electron chi connectivity index (χ4n) is 4.73. The molecule has 0 aromatic heterocycles. The average Bonchev–Trinajstić information content (AvgIpc) is 2.93. The zero-order valence-corrected chi connectivity index (χ0v) is 22.2. The molecule has 3 unspecified atom stereocenters. The molecule has 3 aromatic carbocycles. The molecule has 0 saturated carbocycles. The molecule has 1 heterocycles. The van der Waals surface area contributed by atoms with Crippen LogP contribution in [0.25, 0.3) is 0 Å². The minimum absolute atomic E-state index is 0.0146. The van der Waals surface area contributed by atoms with E-state index in [1.165, 1.54) is 5.56 Å². The van der Waals surface area contributed by atoms with E-state index in [1.807, 2.05) is 60.7 Å². The van der Waals surface area contributed by atoms with Crippen LogP contribution in [0, 0.1) is 0 Å². The normalized spacial score (nSPS) is 19.1. The van der Waals surface area contributed by atoms with Crippen molar-refractivity contribution in [3.8, 4) is 0 Å². The number of carboxylic acids is 1. The van der Waals surface area contributed by atoms with Gasteiger partial charge in [0.25, 0.3) is 0 Å². The lowest BCUT2D eigenvalue weighted by Crippen LogP contribution is -2.37. The van der Waals surface area contributed by atoms with E-state index in [2.05, 4.69) is 29.4 Å². The van der Waals surface area contributed by atoms with E-state index in [0.29, 0.717) is 18.7 Å². The molecule has 0 bridgehead atoms. The fourth-order valence-corrected chi connectivity index (χ4v) is 4.73. The summed E-state index contributed by atoms with van der Waals surface area (Å²) in [7, 11) is 2.08. The number of carbonyl (C=O) groups excluding carboxylic acids is 1. The molecule has 39 heavy (non-hydrogen) atoms. The lowest BCUT2D eigenvalue weighted by Gasteiger charge is -2.38. The second-order valence-electron chi connectivity index (χ2n) is 9.95. The number of amides is 1. The molecule has 1 aliphatic heterocycles. The summed E-state index contributed by atoms with van der Waals surface area (Å²) in [6.45, 7) is 1.49. The van der Waals surface area contributed by atoms with E-state index in [4.69, 9.17) is 14.6 Å². The highest BCUT2D eigenvalue weighted by Crippen LogP contribution is 2.38. The number of carbonyl (C=O) groups is 2. The van der Waals surface area contributed by atoms with Crippen molar-refractivity contribution < 1.29 is 29.3 Å². The predicted molar refractivity (Wildman–Crippen MR) is 148 cm³/mol. The number of carboxylic acid groups (broad SMARTS) is 1. The van der Waals surface area contributed by atoms with Gasteiger partial charge in [-0.25, -0.2) is 0 Å². The van der Waals surface area contributed by atoms with Gasteiger partial charge in [0, 0.05) is 43.6 Å². The van der Waals surface area contributed by atoms with Gasteiger partial charge in [-0.05, 0) is 42.3 Å². The zero-order chi connectivity index (χ0) is 27.6. The van der Waals surface area contributed by atoms with Gasteiger partial charge in [-0.1, -0.05) is 66.7 Å². The summed E-state index contributed by atoms with van der Waals surface area (Å²) < 4.78 is 12.9. The van der Waals surface area contributed by atoms with Gasteiger partial charge in [0.05, 0.1) is 18.8 Å². The number of nitrogens with zero attached hydrogens (tertiary/aromatic N) is 1. The Kier molecular flexibility index (Phi) is 10.2. The van der Waals surface area contributed by atoms with E-state index in [1.54, 1.807) is 6.07 Å². The van der Waals surface area contributed by atoms with E-state index < -0.39 is 12.3 Å². The van der Waals surface area contributed by atoms with Gasteiger partial charge >= 0.3 is 5.97 Å². The maximum absolute atomic E-state index is 12.3. The van der Waals surface area contributed by atoms with Gasteiger partial charge in [-0.3, -0.25) is 14.5 Å². The standard InChI is InChI=1S/C31H36N2O6/c1-33(19-22-7-3-2-4-8-22)20-27-18-28(24-15-13-23(21-34)14-16-24)39-31(38-27)25-9-5-10-26(17-25)32-29(35)11-6-12-30(36)37/h2-5,7-10,13-17,27-28,31,34H,6,11-12,18-21H2,1H3,(H,32,35)(H,36,37). The van der Waals surface area contributed by atoms with Gasteiger partial charge in [0.15, 0.2) is 6.29 Å². The van der Waals surface area contributed by atoms with Gasteiger partial charge in [-0.15, -0.1) is 0 Å². The second kappa shape index (κ2) is 14.0. The van der Waals surface area contributed by atoms with E-state index in [0.717, 1.165) is 23.2 Å². The maximum Gasteiger partial charge on any atom is 0.303 e. The van der Waals surface area contributed by atoms with Gasteiger partial charge in [-0.2, -0.15) is 0 Å². The van der Waals surface area contributed by atoms with Crippen LogP contribution in [-0.4, -0.2) is 46.7 Å². The first-order chi connectivity index (χ1) is 18.9. The van der Waals surface area contributed by atoms with Crippen molar-refractivity contribution >= 4 is 17.6 Å². The highest BCUT2D eigenvalue weighted by molar-refractivity contribution is 5.90. The highest BCUT2D eigenvalue weighted by atomic mass is 16.7. The Hall–Kier alpha value is -3.56. The van der Waals surface area contributed by atoms with E-state index >= 15 is 0 Å². The van der Waals surface area contributed by atoms with Crippen LogP contribution in [0.4, 0.5) is 5.69 Å². The minimum atomic E-state index is -0.916. The monoisotopic (exact) mass is 532 g/mol. The summed E-state index contributed by atoms with van der Waals surface area (Å²) in [6.07, 6.45) is 0.0983. The number of aliphatic hydroxyl groups is 1. The molecule has 1 fully saturated rings. The number of aliphatic hydroxyl groups excluding tert-OH is 1. The molecule has 8 heteroatoms. The van der Waals surface area contributed by atoms with Crippen molar-refractivity contribution in [3.63, 3.8) is 0 Å². The number of benzene rings is 3. The van der Waals surface area contributed by atoms with Crippen LogP contribution in [0.1, 0.15) is 60.3 Å². The van der Waals surface area contributed by atoms with Crippen molar-refractivity contribution in [2.75, 3.05) is 18.9 Å². The number of rotatable bonds is 12. The molecule has 8 nitrogen and oxygen atoms in total. The Balaban J connectivity index is 1.48. The summed E-state index contributed by atoms with van der Waals surface area (Å²) in [6, 6.07) is 25.4. The van der Waals surface area contributed by atoms with Crippen LogP contribution in [0.3, 0.4) is 0 Å². The van der Waals surface area contributed by atoms with Crippen LogP contribution in [0.2, 0.25) is 0 Å². The Morgan fingerprint density at radius 3 is 2.41 bits per heavy atom. The molecule has 4 rings (SSSR count). The number of hydrogen-bond acceptors (Lipinski definition) is 6. The predicted octanol–water partition coefficient (Wildman–Crippen LogP) is 5.05. The number of anilines is 1. The summed E-state index contributed by atoms with van der Waals surface area (Å²) >= 11 is 0. The van der Waals surface area contributed by atoms with Gasteiger partial charge in [0.2, 0.25) is 5.91 Å². The number of hydrogen-bond donors (Lipinski definition) is 3. The zero-order valence-electron chi connectivity index (χ0n) is 22.2. The summed E-state index contributed by atoms with van der Waals surface area (Å²) in [5, 5.41) is 21.1. The topological polar surface area (TPSA) is 108 Å². The van der Waals surface area contributed by atoms with Crippen molar-refractivity contribution in [1.82, 2.24) is 4.90 Å². The van der Waals surface area contributed by atoms with Crippen LogP contribution < -0.4 is 5.32 Å². The molecule has 3 aromatic rings. The average molecular weight is 533 g/mol. The third kappa shape index (κ3) is 8.73. The maximum atomic E-state index is 12.3. The molecule has 3 atom stereocenters. The Labute approximate surface area is 229 Å². The van der Waals surface area contributed by atoms with E-state index in [-0.39, 0.29) is 44.0 Å². The number of aliphatic carboxylic acids is 1. The summed E-state index contributed by atoms with van der Waals surface area (Å²) in [5.74, 6) is -1.15. The highest BCUT2D eigenvalue weighted by Gasteiger charge is 2.33. The molecular weight excluding hydrogens is 496 g/mol. The van der Waals surface area contributed by atoms with Crippen molar-refractivity contribution in [2.45, 2.75) is 57.3 Å². The first-order valence-electron chi connectivity index (χ1n) is 13.2. The number of ether oxygens (including phenoxy) is 2. The molecule has 0 spiro atoms. The third-order valence-electron chi connectivity index (χ3n) is 6.66. The van der Waals surface area contributed by atoms with Crippen LogP contribution in [0.15, 0.2) is 78.9 Å². The molecule has 1 amide bonds. The smallest absolute Gasteiger partial charge is 0.303 e. The van der Waals surface area contributed by atoms with Crippen molar-refractivity contribution in [1.29, 1.82) is 0 Å².